The molecule has 1 heterocycles. The van der Waals surface area contributed by atoms with Crippen LogP contribution in [0.3, 0.4) is 0 Å². The number of hydrogen-bond donors (Lipinski definition) is 1. The van der Waals surface area contributed by atoms with E-state index in [9.17, 15) is 8.78 Å². The van der Waals surface area contributed by atoms with Gasteiger partial charge in [-0.15, -0.1) is 0 Å². The summed E-state index contributed by atoms with van der Waals surface area (Å²) in [4.78, 5) is 1.92. The molecule has 0 amide bonds. The number of rotatable bonds is 5. The van der Waals surface area contributed by atoms with E-state index in [1.165, 1.54) is 0 Å². The van der Waals surface area contributed by atoms with Crippen LogP contribution in [0.25, 0.3) is 0 Å². The van der Waals surface area contributed by atoms with Gasteiger partial charge in [0.05, 0.1) is 6.54 Å². The van der Waals surface area contributed by atoms with E-state index in [2.05, 4.69) is 19.2 Å². The number of alkyl halides is 2. The normalized spacial score (nSPS) is 23.6. The van der Waals surface area contributed by atoms with Crippen LogP contribution in [0.1, 0.15) is 26.7 Å². The minimum atomic E-state index is -2.47. The van der Waals surface area contributed by atoms with Crippen LogP contribution in [-0.2, 0) is 0 Å². The summed E-state index contributed by atoms with van der Waals surface area (Å²) in [6, 6.07) is 0. The molecule has 0 aromatic carbocycles. The Morgan fingerprint density at radius 1 is 1.38 bits per heavy atom. The topological polar surface area (TPSA) is 15.3 Å². The van der Waals surface area contributed by atoms with Gasteiger partial charge in [-0.05, 0) is 38.4 Å². The van der Waals surface area contributed by atoms with Gasteiger partial charge < -0.3 is 5.32 Å². The maximum absolute atomic E-state index is 13.2. The first-order valence-electron chi connectivity index (χ1n) is 6.19. The van der Waals surface area contributed by atoms with Crippen molar-refractivity contribution >= 4 is 0 Å². The van der Waals surface area contributed by atoms with Crippen molar-refractivity contribution in [3.05, 3.63) is 0 Å². The van der Waals surface area contributed by atoms with Crippen LogP contribution < -0.4 is 5.32 Å². The predicted octanol–water partition coefficient (Wildman–Crippen LogP) is 2.21. The summed E-state index contributed by atoms with van der Waals surface area (Å²) in [6.07, 6.45) is 0.680. The molecule has 1 aliphatic rings. The first kappa shape index (κ1) is 13.8. The summed E-state index contributed by atoms with van der Waals surface area (Å²) < 4.78 is 26.5. The van der Waals surface area contributed by atoms with E-state index in [0.717, 1.165) is 19.6 Å². The number of nitrogens with zero attached hydrogens (tertiary/aromatic N) is 1. The Balaban J connectivity index is 2.44. The van der Waals surface area contributed by atoms with Gasteiger partial charge in [0.2, 0.25) is 0 Å². The second-order valence-electron chi connectivity index (χ2n) is 5.26. The quantitative estimate of drug-likeness (QED) is 0.784. The largest absolute Gasteiger partial charge is 0.319 e. The molecule has 0 bridgehead atoms. The van der Waals surface area contributed by atoms with Crippen LogP contribution in [0.5, 0.6) is 0 Å². The van der Waals surface area contributed by atoms with Gasteiger partial charge in [0.25, 0.3) is 5.92 Å². The molecule has 0 aromatic heterocycles. The van der Waals surface area contributed by atoms with Gasteiger partial charge in [-0.25, -0.2) is 8.78 Å². The fourth-order valence-electron chi connectivity index (χ4n) is 2.31. The Bertz CT molecular complexity index is 207. The van der Waals surface area contributed by atoms with E-state index in [1.807, 2.05) is 11.9 Å². The second kappa shape index (κ2) is 5.92. The third-order valence-corrected chi connectivity index (χ3v) is 3.37. The zero-order chi connectivity index (χ0) is 12.2. The summed E-state index contributed by atoms with van der Waals surface area (Å²) in [7, 11) is 1.92. The standard InChI is InChI=1S/C12H24F2N2/c1-10(2)11(7-15-3)8-16-6-4-5-12(13,14)9-16/h10-11,15H,4-9H2,1-3H3. The minimum Gasteiger partial charge on any atom is -0.319 e. The highest BCUT2D eigenvalue weighted by Crippen LogP contribution is 2.27. The van der Waals surface area contributed by atoms with Crippen molar-refractivity contribution in [3.8, 4) is 0 Å². The summed E-state index contributed by atoms with van der Waals surface area (Å²) in [6.45, 7) is 6.77. The second-order valence-corrected chi connectivity index (χ2v) is 5.26. The Morgan fingerprint density at radius 3 is 2.56 bits per heavy atom. The predicted molar refractivity (Wildman–Crippen MR) is 62.9 cm³/mol. The first-order chi connectivity index (χ1) is 7.44. The molecule has 0 aromatic rings. The molecule has 1 rings (SSSR count). The van der Waals surface area contributed by atoms with Crippen LogP contribution >= 0.6 is 0 Å². The van der Waals surface area contributed by atoms with E-state index in [-0.39, 0.29) is 13.0 Å². The third-order valence-electron chi connectivity index (χ3n) is 3.37. The van der Waals surface area contributed by atoms with Crippen LogP contribution in [0.15, 0.2) is 0 Å². The Labute approximate surface area is 97.4 Å². The average molecular weight is 234 g/mol. The Morgan fingerprint density at radius 2 is 2.06 bits per heavy atom. The molecule has 0 radical (unpaired) electrons. The molecule has 16 heavy (non-hydrogen) atoms. The first-order valence-corrected chi connectivity index (χ1v) is 6.19. The van der Waals surface area contributed by atoms with Gasteiger partial charge in [0, 0.05) is 13.0 Å². The van der Waals surface area contributed by atoms with Gasteiger partial charge in [-0.3, -0.25) is 4.90 Å². The SMILES string of the molecule is CNCC(CN1CCCC(F)(F)C1)C(C)C. The van der Waals surface area contributed by atoms with Gasteiger partial charge in [0.1, 0.15) is 0 Å². The number of hydrogen-bond acceptors (Lipinski definition) is 2. The molecule has 96 valence electrons. The number of nitrogens with one attached hydrogen (secondary N) is 1. The maximum Gasteiger partial charge on any atom is 0.260 e. The van der Waals surface area contributed by atoms with E-state index >= 15 is 0 Å². The van der Waals surface area contributed by atoms with Crippen molar-refractivity contribution in [1.82, 2.24) is 10.2 Å². The molecule has 0 saturated carbocycles. The molecular weight excluding hydrogens is 210 g/mol. The van der Waals surface area contributed by atoms with Gasteiger partial charge in [0.15, 0.2) is 0 Å². The maximum atomic E-state index is 13.2. The minimum absolute atomic E-state index is 0.0556. The van der Waals surface area contributed by atoms with Crippen molar-refractivity contribution in [2.24, 2.45) is 11.8 Å². The highest BCUT2D eigenvalue weighted by Gasteiger charge is 2.35. The monoisotopic (exact) mass is 234 g/mol. The van der Waals surface area contributed by atoms with Crippen molar-refractivity contribution in [2.45, 2.75) is 32.6 Å². The molecule has 1 saturated heterocycles. The zero-order valence-electron chi connectivity index (χ0n) is 10.6. The highest BCUT2D eigenvalue weighted by molar-refractivity contribution is 4.81. The van der Waals surface area contributed by atoms with Crippen LogP contribution in [-0.4, -0.2) is 44.0 Å². The number of piperidine rings is 1. The van der Waals surface area contributed by atoms with Crippen molar-refractivity contribution in [1.29, 1.82) is 0 Å². The van der Waals surface area contributed by atoms with E-state index in [4.69, 9.17) is 0 Å². The fraction of sp³-hybridized carbons (Fsp3) is 1.00. The molecule has 1 atom stereocenters. The molecule has 2 nitrogen and oxygen atoms in total. The van der Waals surface area contributed by atoms with Crippen molar-refractivity contribution in [2.75, 3.05) is 33.2 Å². The smallest absolute Gasteiger partial charge is 0.260 e. The van der Waals surface area contributed by atoms with Crippen molar-refractivity contribution in [3.63, 3.8) is 0 Å². The van der Waals surface area contributed by atoms with Gasteiger partial charge in [-0.2, -0.15) is 0 Å². The Hall–Kier alpha value is -0.220. The molecular formula is C12H24F2N2. The summed E-state index contributed by atoms with van der Waals surface area (Å²) >= 11 is 0. The molecule has 1 unspecified atom stereocenters. The molecule has 0 aliphatic carbocycles. The molecule has 1 aliphatic heterocycles. The highest BCUT2D eigenvalue weighted by atomic mass is 19.3. The van der Waals surface area contributed by atoms with E-state index < -0.39 is 5.92 Å². The lowest BCUT2D eigenvalue weighted by molar-refractivity contribution is -0.0681. The molecule has 4 heteroatoms. The number of halogens is 2. The zero-order valence-corrected chi connectivity index (χ0v) is 10.6. The lowest BCUT2D eigenvalue weighted by atomic mass is 9.94. The molecule has 1 fully saturated rings. The van der Waals surface area contributed by atoms with Crippen LogP contribution in [0, 0.1) is 11.8 Å². The fourth-order valence-corrected chi connectivity index (χ4v) is 2.31. The lowest BCUT2D eigenvalue weighted by Crippen LogP contribution is -2.46. The Kier molecular flexibility index (Phi) is 5.12. The lowest BCUT2D eigenvalue weighted by Gasteiger charge is -2.35. The third kappa shape index (κ3) is 4.34. The molecule has 0 spiro atoms. The van der Waals surface area contributed by atoms with Crippen LogP contribution in [0.2, 0.25) is 0 Å². The van der Waals surface area contributed by atoms with Crippen LogP contribution in [0.4, 0.5) is 8.78 Å². The van der Waals surface area contributed by atoms with E-state index in [0.29, 0.717) is 18.3 Å². The van der Waals surface area contributed by atoms with Crippen molar-refractivity contribution < 1.29 is 8.78 Å². The summed E-state index contributed by atoms with van der Waals surface area (Å²) in [5.74, 6) is -1.48. The summed E-state index contributed by atoms with van der Waals surface area (Å²) in [5.41, 5.74) is 0. The van der Waals surface area contributed by atoms with Gasteiger partial charge in [-0.1, -0.05) is 13.8 Å². The molecule has 1 N–H and O–H groups in total. The summed E-state index contributed by atoms with van der Waals surface area (Å²) in [5, 5.41) is 3.15. The van der Waals surface area contributed by atoms with E-state index in [1.54, 1.807) is 0 Å². The van der Waals surface area contributed by atoms with Gasteiger partial charge >= 0.3 is 0 Å². The average Bonchev–Trinajstić information content (AvgIpc) is 2.15. The number of likely N-dealkylation sites (tertiary alicyclic amines) is 1.